The van der Waals surface area contributed by atoms with Crippen LogP contribution in [0.1, 0.15) is 29.7 Å². The lowest BCUT2D eigenvalue weighted by molar-refractivity contribution is -0.142. The van der Waals surface area contributed by atoms with E-state index >= 15 is 0 Å². The molecule has 2 aromatic rings. The Morgan fingerprint density at radius 1 is 1.07 bits per heavy atom. The van der Waals surface area contributed by atoms with E-state index in [-0.39, 0.29) is 24.3 Å². The van der Waals surface area contributed by atoms with Gasteiger partial charge in [0.25, 0.3) is 0 Å². The number of rotatable bonds is 11. The van der Waals surface area contributed by atoms with E-state index in [1.54, 1.807) is 23.3 Å². The molecule has 150 valence electrons. The van der Waals surface area contributed by atoms with E-state index < -0.39 is 0 Å². The van der Waals surface area contributed by atoms with Crippen LogP contribution in [0.15, 0.2) is 47.8 Å². The van der Waals surface area contributed by atoms with Crippen LogP contribution >= 0.6 is 11.3 Å². The highest BCUT2D eigenvalue weighted by atomic mass is 32.1. The number of ether oxygens (including phenoxy) is 1. The van der Waals surface area contributed by atoms with Gasteiger partial charge in [-0.15, -0.1) is 11.3 Å². The molecule has 3 rings (SSSR count). The Kier molecular flexibility index (Phi) is 7.62. The molecule has 0 aliphatic heterocycles. The third-order valence-corrected chi connectivity index (χ3v) is 5.70. The number of hydrogen-bond donors (Lipinski definition) is 0. The summed E-state index contributed by atoms with van der Waals surface area (Å²) in [5.41, 5.74) is 1.09. The highest BCUT2D eigenvalue weighted by Gasteiger charge is 2.34. The number of thiophene rings is 1. The zero-order chi connectivity index (χ0) is 19.8. The summed E-state index contributed by atoms with van der Waals surface area (Å²) >= 11 is 1.65. The Morgan fingerprint density at radius 2 is 1.86 bits per heavy atom. The molecule has 0 N–H and O–H groups in total. The van der Waals surface area contributed by atoms with E-state index in [4.69, 9.17) is 4.74 Å². The predicted molar refractivity (Wildman–Crippen MR) is 111 cm³/mol. The molecule has 1 heterocycles. The number of carbonyl (C=O) groups excluding carboxylic acids is 2. The zero-order valence-corrected chi connectivity index (χ0v) is 17.2. The summed E-state index contributed by atoms with van der Waals surface area (Å²) in [5, 5.41) is 2.02. The lowest BCUT2D eigenvalue weighted by Crippen LogP contribution is -2.43. The minimum absolute atomic E-state index is 0.0105. The molecular formula is C22H28N2O3S. The van der Waals surface area contributed by atoms with Crippen LogP contribution in [-0.2, 0) is 27.4 Å². The summed E-state index contributed by atoms with van der Waals surface area (Å²) in [7, 11) is 1.65. The first-order valence-electron chi connectivity index (χ1n) is 9.79. The standard InChI is InChI=1S/C22H28N2O3S/c1-27-13-6-12-23(22(26)19-10-11-19)17-21(25)24(16-20-9-5-14-28-20)15-18-7-3-2-4-8-18/h2-5,7-9,14,19H,6,10-13,15-17H2,1H3. The van der Waals surface area contributed by atoms with Crippen molar-refractivity contribution in [2.45, 2.75) is 32.4 Å². The van der Waals surface area contributed by atoms with Crippen LogP contribution < -0.4 is 0 Å². The van der Waals surface area contributed by atoms with E-state index in [0.29, 0.717) is 26.2 Å². The minimum Gasteiger partial charge on any atom is -0.385 e. The fourth-order valence-corrected chi connectivity index (χ4v) is 3.86. The van der Waals surface area contributed by atoms with Gasteiger partial charge < -0.3 is 14.5 Å². The molecule has 0 atom stereocenters. The van der Waals surface area contributed by atoms with E-state index in [1.807, 2.05) is 52.7 Å². The van der Waals surface area contributed by atoms with Gasteiger partial charge in [-0.25, -0.2) is 0 Å². The van der Waals surface area contributed by atoms with Crippen LogP contribution in [0.2, 0.25) is 0 Å². The molecule has 0 spiro atoms. The molecule has 1 aromatic carbocycles. The molecule has 1 saturated carbocycles. The molecular weight excluding hydrogens is 372 g/mol. The molecule has 0 unspecified atom stereocenters. The van der Waals surface area contributed by atoms with Gasteiger partial charge in [0, 0.05) is 37.6 Å². The monoisotopic (exact) mass is 400 g/mol. The fraction of sp³-hybridized carbons (Fsp3) is 0.455. The highest BCUT2D eigenvalue weighted by molar-refractivity contribution is 7.09. The SMILES string of the molecule is COCCCN(CC(=O)N(Cc1ccccc1)Cc1cccs1)C(=O)C1CC1. The highest BCUT2D eigenvalue weighted by Crippen LogP contribution is 2.31. The van der Waals surface area contributed by atoms with Gasteiger partial charge in [-0.3, -0.25) is 9.59 Å². The number of hydrogen-bond acceptors (Lipinski definition) is 4. The number of nitrogens with zero attached hydrogens (tertiary/aromatic N) is 2. The van der Waals surface area contributed by atoms with Crippen molar-refractivity contribution in [3.63, 3.8) is 0 Å². The summed E-state index contributed by atoms with van der Waals surface area (Å²) in [4.78, 5) is 30.5. The van der Waals surface area contributed by atoms with E-state index in [2.05, 4.69) is 0 Å². The second kappa shape index (κ2) is 10.4. The number of methoxy groups -OCH3 is 1. The van der Waals surface area contributed by atoms with Crippen LogP contribution in [0.5, 0.6) is 0 Å². The number of benzene rings is 1. The summed E-state index contributed by atoms with van der Waals surface area (Å²) in [6.07, 6.45) is 2.62. The second-order valence-corrected chi connectivity index (χ2v) is 8.23. The van der Waals surface area contributed by atoms with Crippen LogP contribution in [-0.4, -0.2) is 48.4 Å². The Balaban J connectivity index is 1.69. The van der Waals surface area contributed by atoms with Crippen molar-refractivity contribution in [2.24, 2.45) is 5.92 Å². The van der Waals surface area contributed by atoms with Crippen molar-refractivity contribution >= 4 is 23.2 Å². The van der Waals surface area contributed by atoms with Crippen LogP contribution in [0.4, 0.5) is 0 Å². The first kappa shape index (κ1) is 20.6. The summed E-state index contributed by atoms with van der Waals surface area (Å²) in [6, 6.07) is 14.0. The Morgan fingerprint density at radius 3 is 2.50 bits per heavy atom. The molecule has 1 fully saturated rings. The summed E-state index contributed by atoms with van der Waals surface area (Å²) in [5.74, 6) is 0.208. The van der Waals surface area contributed by atoms with Gasteiger partial charge in [0.2, 0.25) is 11.8 Å². The molecule has 6 heteroatoms. The topological polar surface area (TPSA) is 49.9 Å². The van der Waals surface area contributed by atoms with E-state index in [1.165, 1.54) is 0 Å². The average molecular weight is 401 g/mol. The van der Waals surface area contributed by atoms with Crippen molar-refractivity contribution in [3.05, 3.63) is 58.3 Å². The molecule has 1 aromatic heterocycles. The maximum Gasteiger partial charge on any atom is 0.242 e. The molecule has 1 aliphatic carbocycles. The van der Waals surface area contributed by atoms with Crippen molar-refractivity contribution in [2.75, 3.05) is 26.8 Å². The van der Waals surface area contributed by atoms with Gasteiger partial charge in [-0.05, 0) is 36.3 Å². The molecule has 28 heavy (non-hydrogen) atoms. The van der Waals surface area contributed by atoms with Gasteiger partial charge in [0.1, 0.15) is 0 Å². The maximum absolute atomic E-state index is 13.2. The van der Waals surface area contributed by atoms with Crippen molar-refractivity contribution in [3.8, 4) is 0 Å². The minimum atomic E-state index is -0.0105. The third kappa shape index (κ3) is 6.17. The van der Waals surface area contributed by atoms with Gasteiger partial charge >= 0.3 is 0 Å². The van der Waals surface area contributed by atoms with Crippen molar-refractivity contribution in [1.82, 2.24) is 9.80 Å². The molecule has 0 saturated heterocycles. The number of carbonyl (C=O) groups is 2. The average Bonchev–Trinajstić information content (AvgIpc) is 3.44. The fourth-order valence-electron chi connectivity index (χ4n) is 3.15. The number of amides is 2. The molecule has 2 amide bonds. The summed E-state index contributed by atoms with van der Waals surface area (Å²) < 4.78 is 5.12. The van der Waals surface area contributed by atoms with E-state index in [9.17, 15) is 9.59 Å². The smallest absolute Gasteiger partial charge is 0.242 e. The largest absolute Gasteiger partial charge is 0.385 e. The van der Waals surface area contributed by atoms with Crippen LogP contribution in [0.3, 0.4) is 0 Å². The zero-order valence-electron chi connectivity index (χ0n) is 16.4. The first-order chi connectivity index (χ1) is 13.7. The predicted octanol–water partition coefficient (Wildman–Crippen LogP) is 3.55. The Bertz CT molecular complexity index is 744. The van der Waals surface area contributed by atoms with Crippen LogP contribution in [0, 0.1) is 5.92 Å². The normalized spacial score (nSPS) is 13.3. The Labute approximate surface area is 170 Å². The van der Waals surface area contributed by atoms with Gasteiger partial charge in [-0.2, -0.15) is 0 Å². The van der Waals surface area contributed by atoms with Crippen LogP contribution in [0.25, 0.3) is 0 Å². The van der Waals surface area contributed by atoms with Crippen molar-refractivity contribution < 1.29 is 14.3 Å². The van der Waals surface area contributed by atoms with Gasteiger partial charge in [-0.1, -0.05) is 36.4 Å². The lowest BCUT2D eigenvalue weighted by atomic mass is 10.2. The quantitative estimate of drug-likeness (QED) is 0.542. The third-order valence-electron chi connectivity index (χ3n) is 4.84. The molecule has 0 radical (unpaired) electrons. The van der Waals surface area contributed by atoms with E-state index in [0.717, 1.165) is 29.7 Å². The molecule has 1 aliphatic rings. The summed E-state index contributed by atoms with van der Waals surface area (Å²) in [6.45, 7) is 2.39. The molecule has 5 nitrogen and oxygen atoms in total. The van der Waals surface area contributed by atoms with Crippen molar-refractivity contribution in [1.29, 1.82) is 0 Å². The first-order valence-corrected chi connectivity index (χ1v) is 10.7. The second-order valence-electron chi connectivity index (χ2n) is 7.20. The van der Waals surface area contributed by atoms with Gasteiger partial charge in [0.05, 0.1) is 13.1 Å². The molecule has 0 bridgehead atoms. The maximum atomic E-state index is 13.2. The van der Waals surface area contributed by atoms with Gasteiger partial charge in [0.15, 0.2) is 0 Å². The lowest BCUT2D eigenvalue weighted by Gasteiger charge is -2.28. The Hall–Kier alpha value is -2.18.